The Labute approximate surface area is 74.2 Å². The molecule has 1 heteroatoms. The molecule has 0 aromatic rings. The average Bonchev–Trinajstić information content (AvgIpc) is 2.14. The Morgan fingerprint density at radius 2 is 1.33 bits per heavy atom. The topological polar surface area (TPSA) is 20.2 Å². The van der Waals surface area contributed by atoms with E-state index in [9.17, 15) is 5.11 Å². The van der Waals surface area contributed by atoms with E-state index >= 15 is 0 Å². The summed E-state index contributed by atoms with van der Waals surface area (Å²) in [5.74, 6) is 2.64. The third-order valence-electron chi connectivity index (χ3n) is 4.32. The Morgan fingerprint density at radius 1 is 0.833 bits per heavy atom. The zero-order valence-electron chi connectivity index (χ0n) is 7.63. The van der Waals surface area contributed by atoms with Crippen molar-refractivity contribution < 1.29 is 5.11 Å². The molecule has 1 nitrogen and oxygen atoms in total. The van der Waals surface area contributed by atoms with Crippen LogP contribution in [0.4, 0.5) is 0 Å². The molecule has 4 bridgehead atoms. The van der Waals surface area contributed by atoms with Crippen molar-refractivity contribution in [3.8, 4) is 0 Å². The first-order valence-electron chi connectivity index (χ1n) is 5.46. The monoisotopic (exact) mass is 166 g/mol. The first-order valence-corrected chi connectivity index (χ1v) is 5.46. The number of aliphatic hydroxyl groups is 1. The maximum atomic E-state index is 10.3. The van der Waals surface area contributed by atoms with Gasteiger partial charge < -0.3 is 5.11 Å². The smallest absolute Gasteiger partial charge is 0.0655 e. The Morgan fingerprint density at radius 3 is 1.83 bits per heavy atom. The minimum Gasteiger partial charge on any atom is -0.390 e. The molecule has 0 aliphatic heterocycles. The summed E-state index contributed by atoms with van der Waals surface area (Å²) in [7, 11) is 0. The molecule has 4 aliphatic rings. The van der Waals surface area contributed by atoms with Gasteiger partial charge in [-0.25, -0.2) is 0 Å². The van der Waals surface area contributed by atoms with Crippen LogP contribution in [-0.2, 0) is 0 Å². The van der Waals surface area contributed by atoms with Crippen LogP contribution in [0.2, 0.25) is 0 Å². The van der Waals surface area contributed by atoms with Gasteiger partial charge in [0.25, 0.3) is 0 Å². The van der Waals surface area contributed by atoms with Gasteiger partial charge in [0, 0.05) is 0 Å². The third kappa shape index (κ3) is 1.02. The van der Waals surface area contributed by atoms with E-state index in [1.807, 2.05) is 0 Å². The fourth-order valence-electron chi connectivity index (χ4n) is 4.15. The van der Waals surface area contributed by atoms with E-state index in [2.05, 4.69) is 0 Å². The van der Waals surface area contributed by atoms with Gasteiger partial charge >= 0.3 is 0 Å². The molecule has 1 N–H and O–H groups in total. The fourth-order valence-corrected chi connectivity index (χ4v) is 4.15. The van der Waals surface area contributed by atoms with E-state index in [1.165, 1.54) is 25.7 Å². The third-order valence-corrected chi connectivity index (χ3v) is 4.32. The zero-order chi connectivity index (χ0) is 8.18. The lowest BCUT2D eigenvalue weighted by molar-refractivity contribution is -0.0707. The van der Waals surface area contributed by atoms with Crippen LogP contribution >= 0.6 is 0 Å². The molecule has 12 heavy (non-hydrogen) atoms. The van der Waals surface area contributed by atoms with Gasteiger partial charge in [-0.1, -0.05) is 12.8 Å². The van der Waals surface area contributed by atoms with Gasteiger partial charge in [-0.2, -0.15) is 0 Å². The summed E-state index contributed by atoms with van der Waals surface area (Å²) in [5, 5.41) is 10.3. The second-order valence-electron chi connectivity index (χ2n) is 5.48. The van der Waals surface area contributed by atoms with Gasteiger partial charge in [-0.05, 0) is 49.9 Å². The minimum absolute atomic E-state index is 0.215. The van der Waals surface area contributed by atoms with Crippen LogP contribution in [-0.4, -0.2) is 10.7 Å². The maximum absolute atomic E-state index is 10.3. The molecular weight excluding hydrogens is 148 g/mol. The average molecular weight is 166 g/mol. The molecule has 4 aliphatic carbocycles. The molecule has 4 atom stereocenters. The summed E-state index contributed by atoms with van der Waals surface area (Å²) in [5.41, 5.74) is -0.215. The molecular formula is C11H18O. The van der Waals surface area contributed by atoms with Crippen molar-refractivity contribution in [3.05, 3.63) is 0 Å². The Kier molecular flexibility index (Phi) is 1.39. The van der Waals surface area contributed by atoms with Crippen molar-refractivity contribution in [2.75, 3.05) is 0 Å². The zero-order valence-corrected chi connectivity index (χ0v) is 7.63. The van der Waals surface area contributed by atoms with Gasteiger partial charge in [-0.15, -0.1) is 0 Å². The number of hydrogen-bond acceptors (Lipinski definition) is 1. The van der Waals surface area contributed by atoms with Crippen molar-refractivity contribution in [2.24, 2.45) is 17.8 Å². The Hall–Kier alpha value is -0.0400. The summed E-state index contributed by atoms with van der Waals surface area (Å²) in [6, 6.07) is 0. The molecule has 0 heterocycles. The van der Waals surface area contributed by atoms with Crippen LogP contribution in [0, 0.1) is 17.8 Å². The molecule has 0 aromatic carbocycles. The van der Waals surface area contributed by atoms with E-state index in [0.29, 0.717) is 0 Å². The van der Waals surface area contributed by atoms with Crippen molar-refractivity contribution >= 4 is 0 Å². The van der Waals surface area contributed by atoms with Crippen molar-refractivity contribution in [3.63, 3.8) is 0 Å². The molecule has 0 amide bonds. The van der Waals surface area contributed by atoms with Gasteiger partial charge in [0.15, 0.2) is 0 Å². The van der Waals surface area contributed by atoms with E-state index in [1.54, 1.807) is 0 Å². The normalized spacial score (nSPS) is 57.2. The molecule has 0 spiro atoms. The Bertz CT molecular complexity index is 183. The van der Waals surface area contributed by atoms with E-state index in [0.717, 1.165) is 37.0 Å². The lowest BCUT2D eigenvalue weighted by atomic mass is 9.65. The SMILES string of the molecule is OC12CC3C[C@@H](CC[C@@H](C3)C1)C2. The van der Waals surface area contributed by atoms with Gasteiger partial charge in [0.2, 0.25) is 0 Å². The van der Waals surface area contributed by atoms with Crippen LogP contribution < -0.4 is 0 Å². The highest BCUT2D eigenvalue weighted by molar-refractivity contribution is 4.99. The summed E-state index contributed by atoms with van der Waals surface area (Å²) >= 11 is 0. The second kappa shape index (κ2) is 2.25. The lowest BCUT2D eigenvalue weighted by Crippen LogP contribution is -2.42. The number of fused-ring (bicyclic) bond motifs is 1. The van der Waals surface area contributed by atoms with Gasteiger partial charge in [-0.3, -0.25) is 0 Å². The van der Waals surface area contributed by atoms with Crippen molar-refractivity contribution in [2.45, 2.75) is 50.5 Å². The number of hydrogen-bond donors (Lipinski definition) is 1. The lowest BCUT2D eigenvalue weighted by Gasteiger charge is -2.44. The minimum atomic E-state index is -0.215. The van der Waals surface area contributed by atoms with Gasteiger partial charge in [0.1, 0.15) is 0 Å². The van der Waals surface area contributed by atoms with E-state index in [-0.39, 0.29) is 5.60 Å². The molecule has 0 radical (unpaired) electrons. The van der Waals surface area contributed by atoms with Crippen LogP contribution in [0.1, 0.15) is 44.9 Å². The van der Waals surface area contributed by atoms with Crippen LogP contribution in [0.3, 0.4) is 0 Å². The predicted molar refractivity (Wildman–Crippen MR) is 47.7 cm³/mol. The van der Waals surface area contributed by atoms with Crippen LogP contribution in [0.5, 0.6) is 0 Å². The van der Waals surface area contributed by atoms with Gasteiger partial charge in [0.05, 0.1) is 5.60 Å². The van der Waals surface area contributed by atoms with E-state index in [4.69, 9.17) is 0 Å². The quantitative estimate of drug-likeness (QED) is 0.585. The highest BCUT2D eigenvalue weighted by Crippen LogP contribution is 2.52. The molecule has 0 aromatic heterocycles. The highest BCUT2D eigenvalue weighted by atomic mass is 16.3. The fraction of sp³-hybridized carbons (Fsp3) is 1.00. The molecule has 2 unspecified atom stereocenters. The summed E-state index contributed by atoms with van der Waals surface area (Å²) in [6.45, 7) is 0. The van der Waals surface area contributed by atoms with Crippen molar-refractivity contribution in [1.82, 2.24) is 0 Å². The van der Waals surface area contributed by atoms with Crippen LogP contribution in [0.25, 0.3) is 0 Å². The highest BCUT2D eigenvalue weighted by Gasteiger charge is 2.47. The molecule has 68 valence electrons. The molecule has 4 fully saturated rings. The predicted octanol–water partition coefficient (Wildman–Crippen LogP) is 2.34. The first-order chi connectivity index (χ1) is 5.73. The number of rotatable bonds is 0. The van der Waals surface area contributed by atoms with Crippen LogP contribution in [0.15, 0.2) is 0 Å². The molecule has 0 saturated heterocycles. The second-order valence-corrected chi connectivity index (χ2v) is 5.48. The van der Waals surface area contributed by atoms with E-state index < -0.39 is 0 Å². The molecule has 4 rings (SSSR count). The Balaban J connectivity index is 1.95. The largest absolute Gasteiger partial charge is 0.390 e. The summed E-state index contributed by atoms with van der Waals surface area (Å²) in [4.78, 5) is 0. The van der Waals surface area contributed by atoms with Crippen molar-refractivity contribution in [1.29, 1.82) is 0 Å². The standard InChI is InChI=1S/C11H18O/c12-11-5-8-1-2-9(6-11)4-10(3-8)7-11/h8-10,12H,1-7H2/t8-,9+,10?,11?. The summed E-state index contributed by atoms with van der Waals surface area (Å²) in [6.07, 6.45) is 9.05. The maximum Gasteiger partial charge on any atom is 0.0655 e. The molecule has 4 saturated carbocycles. The first kappa shape index (κ1) is 7.37. The summed E-state index contributed by atoms with van der Waals surface area (Å²) < 4.78 is 0.